The number of Topliss-reactive ketones (excluding diaryl/α,β-unsaturated/α-hetero) is 1. The molecule has 1 aliphatic heterocycles. The molecule has 0 radical (unpaired) electrons. The van der Waals surface area contributed by atoms with Crippen LogP contribution in [0.4, 0.5) is 0 Å². The molecule has 0 bridgehead atoms. The van der Waals surface area contributed by atoms with Crippen LogP contribution in [0, 0.1) is 0 Å². The monoisotopic (exact) mass is 286 g/mol. The second-order valence-corrected chi connectivity index (χ2v) is 5.05. The Bertz CT molecular complexity index is 252. The molecule has 0 aromatic carbocycles. The molecule has 0 aromatic heterocycles. The molecule has 1 rings (SSSR count). The number of piperidine rings is 1. The van der Waals surface area contributed by atoms with Gasteiger partial charge in [0.05, 0.1) is 6.61 Å². The summed E-state index contributed by atoms with van der Waals surface area (Å²) in [5.74, 6) is 0.152. The number of hydrogen-bond donors (Lipinski definition) is 1. The van der Waals surface area contributed by atoms with Gasteiger partial charge in [0.15, 0.2) is 5.78 Å². The Hall–Kier alpha value is -0.940. The third kappa shape index (κ3) is 9.92. The van der Waals surface area contributed by atoms with E-state index in [4.69, 9.17) is 4.74 Å². The van der Waals surface area contributed by atoms with Crippen LogP contribution in [-0.2, 0) is 14.3 Å². The molecule has 1 amide bonds. The number of ether oxygens (including phenoxy) is 1. The van der Waals surface area contributed by atoms with Crippen LogP contribution in [0.1, 0.15) is 46.5 Å². The van der Waals surface area contributed by atoms with Gasteiger partial charge in [-0.2, -0.15) is 0 Å². The van der Waals surface area contributed by atoms with Crippen molar-refractivity contribution in [2.45, 2.75) is 52.5 Å². The number of hydrogen-bond acceptors (Lipinski definition) is 4. The zero-order valence-corrected chi connectivity index (χ0v) is 13.2. The minimum Gasteiger partial charge on any atom is -0.372 e. The van der Waals surface area contributed by atoms with E-state index in [0.717, 1.165) is 38.9 Å². The molecule has 1 saturated heterocycles. The van der Waals surface area contributed by atoms with Crippen molar-refractivity contribution in [3.8, 4) is 0 Å². The van der Waals surface area contributed by atoms with Crippen LogP contribution < -0.4 is 5.32 Å². The summed E-state index contributed by atoms with van der Waals surface area (Å²) in [6.07, 6.45) is 4.56. The standard InChI is InChI=1S/C12H22N2O3.C3H8/c1-2-12(16)9-17-8-7-14-5-3-11(4-6-14)13-10-15;1-3-2/h10-11H,2-9H2,1H3,(H,13,15);3H2,1-2H3. The topological polar surface area (TPSA) is 58.6 Å². The van der Waals surface area contributed by atoms with Crippen LogP contribution in [0.15, 0.2) is 0 Å². The van der Waals surface area contributed by atoms with E-state index in [1.54, 1.807) is 0 Å². The van der Waals surface area contributed by atoms with Crippen molar-refractivity contribution in [3.63, 3.8) is 0 Å². The van der Waals surface area contributed by atoms with Crippen LogP contribution in [-0.4, -0.2) is 56.0 Å². The fourth-order valence-electron chi connectivity index (χ4n) is 1.90. The van der Waals surface area contributed by atoms with Crippen LogP contribution in [0.5, 0.6) is 0 Å². The molecule has 1 N–H and O–H groups in total. The number of likely N-dealkylation sites (tertiary alicyclic amines) is 1. The molecule has 1 aliphatic rings. The lowest BCUT2D eigenvalue weighted by molar-refractivity contribution is -0.123. The molecule has 0 spiro atoms. The van der Waals surface area contributed by atoms with Gasteiger partial charge in [0, 0.05) is 32.1 Å². The molecular weight excluding hydrogens is 256 g/mol. The highest BCUT2D eigenvalue weighted by Crippen LogP contribution is 2.09. The highest BCUT2D eigenvalue weighted by Gasteiger charge is 2.17. The number of carbonyl (C=O) groups is 2. The van der Waals surface area contributed by atoms with Gasteiger partial charge in [-0.1, -0.05) is 27.2 Å². The molecule has 0 unspecified atom stereocenters. The quantitative estimate of drug-likeness (QED) is 0.544. The Morgan fingerprint density at radius 2 is 1.90 bits per heavy atom. The highest BCUT2D eigenvalue weighted by atomic mass is 16.5. The minimum absolute atomic E-state index is 0.152. The summed E-state index contributed by atoms with van der Waals surface area (Å²) in [6, 6.07) is 0.325. The minimum atomic E-state index is 0.152. The lowest BCUT2D eigenvalue weighted by Crippen LogP contribution is -2.43. The first-order valence-corrected chi connectivity index (χ1v) is 7.69. The van der Waals surface area contributed by atoms with Crippen LogP contribution in [0.3, 0.4) is 0 Å². The zero-order valence-electron chi connectivity index (χ0n) is 13.2. The average molecular weight is 286 g/mol. The first-order chi connectivity index (χ1) is 9.67. The van der Waals surface area contributed by atoms with Crippen LogP contribution in [0.2, 0.25) is 0 Å². The summed E-state index contributed by atoms with van der Waals surface area (Å²) in [4.78, 5) is 23.6. The van der Waals surface area contributed by atoms with Gasteiger partial charge < -0.3 is 15.0 Å². The van der Waals surface area contributed by atoms with Gasteiger partial charge in [-0.05, 0) is 12.8 Å². The van der Waals surface area contributed by atoms with E-state index in [1.807, 2.05) is 6.92 Å². The van der Waals surface area contributed by atoms with Gasteiger partial charge in [0.1, 0.15) is 6.61 Å². The average Bonchev–Trinajstić information content (AvgIpc) is 2.46. The fraction of sp³-hybridized carbons (Fsp3) is 0.867. The lowest BCUT2D eigenvalue weighted by Gasteiger charge is -2.31. The Balaban J connectivity index is 0.00000110. The molecule has 1 fully saturated rings. The SMILES string of the molecule is CCC.CCC(=O)COCCN1CCC(NC=O)CC1. The Morgan fingerprint density at radius 3 is 2.40 bits per heavy atom. The third-order valence-corrected chi connectivity index (χ3v) is 3.10. The molecule has 5 nitrogen and oxygen atoms in total. The number of nitrogens with zero attached hydrogens (tertiary/aromatic N) is 1. The highest BCUT2D eigenvalue weighted by molar-refractivity contribution is 5.79. The zero-order chi connectivity index (χ0) is 15.2. The Kier molecular flexibility index (Phi) is 12.4. The lowest BCUT2D eigenvalue weighted by atomic mass is 10.1. The maximum Gasteiger partial charge on any atom is 0.207 e. The van der Waals surface area contributed by atoms with Crippen molar-refractivity contribution in [2.24, 2.45) is 0 Å². The summed E-state index contributed by atoms with van der Waals surface area (Å²) in [6.45, 7) is 9.77. The maximum atomic E-state index is 11.0. The van der Waals surface area contributed by atoms with E-state index in [0.29, 0.717) is 19.1 Å². The molecule has 0 aliphatic carbocycles. The van der Waals surface area contributed by atoms with Gasteiger partial charge in [-0.25, -0.2) is 0 Å². The third-order valence-electron chi connectivity index (χ3n) is 3.10. The summed E-state index contributed by atoms with van der Waals surface area (Å²) >= 11 is 0. The summed E-state index contributed by atoms with van der Waals surface area (Å²) in [7, 11) is 0. The number of ketones is 1. The number of amides is 1. The first-order valence-electron chi connectivity index (χ1n) is 7.69. The Morgan fingerprint density at radius 1 is 1.30 bits per heavy atom. The largest absolute Gasteiger partial charge is 0.372 e. The molecule has 0 atom stereocenters. The van der Waals surface area contributed by atoms with Crippen molar-refractivity contribution >= 4 is 12.2 Å². The molecule has 0 aromatic rings. The normalized spacial score (nSPS) is 16.1. The van der Waals surface area contributed by atoms with E-state index >= 15 is 0 Å². The predicted molar refractivity (Wildman–Crippen MR) is 80.7 cm³/mol. The van der Waals surface area contributed by atoms with Crippen LogP contribution in [0.25, 0.3) is 0 Å². The van der Waals surface area contributed by atoms with Gasteiger partial charge in [0.25, 0.3) is 0 Å². The maximum absolute atomic E-state index is 11.0. The van der Waals surface area contributed by atoms with Gasteiger partial charge in [-0.15, -0.1) is 0 Å². The van der Waals surface area contributed by atoms with Crippen LogP contribution >= 0.6 is 0 Å². The van der Waals surface area contributed by atoms with Gasteiger partial charge in [0.2, 0.25) is 6.41 Å². The summed E-state index contributed by atoms with van der Waals surface area (Å²) in [5, 5.41) is 2.81. The first kappa shape index (κ1) is 19.1. The molecule has 5 heteroatoms. The number of nitrogens with one attached hydrogen (secondary N) is 1. The number of rotatable bonds is 8. The Labute approximate surface area is 123 Å². The predicted octanol–water partition coefficient (Wildman–Crippen LogP) is 1.61. The molecule has 118 valence electrons. The molecular formula is C15H30N2O3. The molecule has 0 saturated carbocycles. The van der Waals surface area contributed by atoms with E-state index < -0.39 is 0 Å². The summed E-state index contributed by atoms with van der Waals surface area (Å²) < 4.78 is 5.30. The molecule has 1 heterocycles. The van der Waals surface area contributed by atoms with Crippen molar-refractivity contribution in [1.29, 1.82) is 0 Å². The van der Waals surface area contributed by atoms with Crippen molar-refractivity contribution < 1.29 is 14.3 Å². The van der Waals surface area contributed by atoms with E-state index in [2.05, 4.69) is 24.1 Å². The smallest absolute Gasteiger partial charge is 0.207 e. The fourth-order valence-corrected chi connectivity index (χ4v) is 1.90. The van der Waals surface area contributed by atoms with Gasteiger partial charge in [-0.3, -0.25) is 9.59 Å². The second-order valence-electron chi connectivity index (χ2n) is 5.05. The van der Waals surface area contributed by atoms with Crippen molar-refractivity contribution in [1.82, 2.24) is 10.2 Å². The van der Waals surface area contributed by atoms with Crippen molar-refractivity contribution in [2.75, 3.05) is 32.8 Å². The van der Waals surface area contributed by atoms with E-state index in [-0.39, 0.29) is 12.4 Å². The second kappa shape index (κ2) is 13.1. The van der Waals surface area contributed by atoms with Gasteiger partial charge >= 0.3 is 0 Å². The number of carbonyl (C=O) groups excluding carboxylic acids is 2. The van der Waals surface area contributed by atoms with E-state index in [1.165, 1.54) is 6.42 Å². The molecule has 20 heavy (non-hydrogen) atoms. The van der Waals surface area contributed by atoms with E-state index in [9.17, 15) is 9.59 Å². The van der Waals surface area contributed by atoms with Crippen molar-refractivity contribution in [3.05, 3.63) is 0 Å². The summed E-state index contributed by atoms with van der Waals surface area (Å²) in [5.41, 5.74) is 0.